The molecular weight excluding hydrogens is 324 g/mol. The zero-order chi connectivity index (χ0) is 15.8. The van der Waals surface area contributed by atoms with Crippen molar-refractivity contribution in [3.8, 4) is 0 Å². The van der Waals surface area contributed by atoms with Crippen LogP contribution < -0.4 is 11.1 Å². The lowest BCUT2D eigenvalue weighted by atomic mass is 10.1. The van der Waals surface area contributed by atoms with E-state index in [1.807, 2.05) is 0 Å². The van der Waals surface area contributed by atoms with E-state index in [0.29, 0.717) is 21.4 Å². The van der Waals surface area contributed by atoms with Crippen LogP contribution in [0.25, 0.3) is 0 Å². The van der Waals surface area contributed by atoms with E-state index in [2.05, 4.69) is 5.32 Å². The number of aryl methyl sites for hydroxylation is 1. The quantitative estimate of drug-likeness (QED) is 0.696. The summed E-state index contributed by atoms with van der Waals surface area (Å²) in [7, 11) is 0. The van der Waals surface area contributed by atoms with E-state index in [1.165, 1.54) is 6.07 Å². The van der Waals surface area contributed by atoms with Crippen molar-refractivity contribution < 1.29 is 13.2 Å². The molecule has 0 saturated carbocycles. The zero-order valence-corrected chi connectivity index (χ0v) is 12.4. The second kappa shape index (κ2) is 5.66. The van der Waals surface area contributed by atoms with Crippen molar-refractivity contribution in [1.29, 1.82) is 0 Å². The zero-order valence-electron chi connectivity index (χ0n) is 10.9. The number of rotatable bonds is 2. The second-order valence-corrected chi connectivity index (χ2v) is 5.32. The molecule has 2 aromatic rings. The lowest BCUT2D eigenvalue weighted by Gasteiger charge is -2.14. The molecule has 7 heteroatoms. The third-order valence-corrected chi connectivity index (χ3v) is 3.62. The Balaban J connectivity index is 2.35. The molecular formula is C14H11Cl2F3N2. The Hall–Kier alpha value is -1.59. The molecule has 3 N–H and O–H groups in total. The number of nitrogen functional groups attached to an aromatic ring is 1. The van der Waals surface area contributed by atoms with E-state index >= 15 is 0 Å². The van der Waals surface area contributed by atoms with Gasteiger partial charge in [-0.15, -0.1) is 0 Å². The number of alkyl halides is 3. The molecule has 0 atom stereocenters. The number of halogens is 5. The Labute approximate surface area is 129 Å². The third-order valence-electron chi connectivity index (χ3n) is 2.90. The number of nitrogens with one attached hydrogen (secondary N) is 1. The first kappa shape index (κ1) is 15.8. The summed E-state index contributed by atoms with van der Waals surface area (Å²) in [6.45, 7) is 1.80. The molecule has 2 rings (SSSR count). The van der Waals surface area contributed by atoms with Crippen molar-refractivity contribution in [2.24, 2.45) is 0 Å². The highest BCUT2D eigenvalue weighted by Crippen LogP contribution is 2.36. The highest BCUT2D eigenvalue weighted by molar-refractivity contribution is 6.35. The molecule has 0 amide bonds. The number of benzene rings is 2. The van der Waals surface area contributed by atoms with Crippen LogP contribution in [0.1, 0.15) is 11.1 Å². The summed E-state index contributed by atoms with van der Waals surface area (Å²) >= 11 is 12.1. The number of nitrogens with two attached hydrogens (primary N) is 1. The number of hydrogen-bond donors (Lipinski definition) is 2. The van der Waals surface area contributed by atoms with Crippen molar-refractivity contribution in [3.63, 3.8) is 0 Å². The van der Waals surface area contributed by atoms with Crippen LogP contribution in [0.3, 0.4) is 0 Å². The van der Waals surface area contributed by atoms with Gasteiger partial charge in [0.05, 0.1) is 27.6 Å². The molecule has 2 aromatic carbocycles. The fourth-order valence-electron chi connectivity index (χ4n) is 1.74. The van der Waals surface area contributed by atoms with Crippen molar-refractivity contribution >= 4 is 40.3 Å². The monoisotopic (exact) mass is 334 g/mol. The summed E-state index contributed by atoms with van der Waals surface area (Å²) in [6.07, 6.45) is -4.43. The van der Waals surface area contributed by atoms with Gasteiger partial charge in [0, 0.05) is 5.02 Å². The smallest absolute Gasteiger partial charge is 0.397 e. The highest BCUT2D eigenvalue weighted by atomic mass is 35.5. The van der Waals surface area contributed by atoms with Crippen LogP contribution in [-0.4, -0.2) is 0 Å². The summed E-state index contributed by atoms with van der Waals surface area (Å²) in [5.74, 6) is 0. The Morgan fingerprint density at radius 1 is 1.00 bits per heavy atom. The largest absolute Gasteiger partial charge is 0.416 e. The molecule has 0 radical (unpaired) electrons. The molecule has 21 heavy (non-hydrogen) atoms. The fourth-order valence-corrected chi connectivity index (χ4v) is 2.17. The van der Waals surface area contributed by atoms with Crippen molar-refractivity contribution in [3.05, 3.63) is 51.5 Å². The fraction of sp³-hybridized carbons (Fsp3) is 0.143. The van der Waals surface area contributed by atoms with E-state index in [0.717, 1.165) is 17.7 Å². The maximum atomic E-state index is 12.6. The van der Waals surface area contributed by atoms with Gasteiger partial charge in [0.15, 0.2) is 0 Å². The molecule has 0 heterocycles. The Bertz CT molecular complexity index is 685. The molecule has 0 spiro atoms. The molecule has 2 nitrogen and oxygen atoms in total. The Kier molecular flexibility index (Phi) is 4.25. The van der Waals surface area contributed by atoms with Gasteiger partial charge >= 0.3 is 6.18 Å². The molecule has 0 aliphatic rings. The summed E-state index contributed by atoms with van der Waals surface area (Å²) in [6, 6.07) is 6.32. The molecule has 0 bridgehead atoms. The van der Waals surface area contributed by atoms with E-state index < -0.39 is 11.7 Å². The molecule has 0 aromatic heterocycles. The van der Waals surface area contributed by atoms with Gasteiger partial charge in [-0.25, -0.2) is 0 Å². The van der Waals surface area contributed by atoms with Crippen LogP contribution in [0, 0.1) is 6.92 Å². The number of hydrogen-bond acceptors (Lipinski definition) is 2. The van der Waals surface area contributed by atoms with Crippen LogP contribution in [0.5, 0.6) is 0 Å². The number of anilines is 3. The van der Waals surface area contributed by atoms with Crippen LogP contribution in [0.4, 0.5) is 30.2 Å². The van der Waals surface area contributed by atoms with Crippen LogP contribution in [0.2, 0.25) is 10.0 Å². The minimum Gasteiger partial charge on any atom is -0.397 e. The molecule has 0 unspecified atom stereocenters. The van der Waals surface area contributed by atoms with Gasteiger partial charge in [0.25, 0.3) is 0 Å². The molecule has 0 aliphatic heterocycles. The maximum absolute atomic E-state index is 12.6. The van der Waals surface area contributed by atoms with Gasteiger partial charge in [0.2, 0.25) is 0 Å². The first-order chi connectivity index (χ1) is 9.68. The highest BCUT2D eigenvalue weighted by Gasteiger charge is 2.30. The van der Waals surface area contributed by atoms with Crippen LogP contribution in [-0.2, 0) is 6.18 Å². The van der Waals surface area contributed by atoms with Crippen molar-refractivity contribution in [2.75, 3.05) is 11.1 Å². The summed E-state index contributed by atoms with van der Waals surface area (Å²) in [5, 5.41) is 3.77. The van der Waals surface area contributed by atoms with E-state index in [-0.39, 0.29) is 5.69 Å². The molecule has 0 aliphatic carbocycles. The first-order valence-corrected chi connectivity index (χ1v) is 6.63. The second-order valence-electron chi connectivity index (χ2n) is 4.51. The lowest BCUT2D eigenvalue weighted by Crippen LogP contribution is -2.06. The Morgan fingerprint density at radius 2 is 1.67 bits per heavy atom. The summed E-state index contributed by atoms with van der Waals surface area (Å²) < 4.78 is 37.7. The average molecular weight is 335 g/mol. The van der Waals surface area contributed by atoms with E-state index in [4.69, 9.17) is 28.9 Å². The Morgan fingerprint density at radius 3 is 2.24 bits per heavy atom. The standard InChI is InChI=1S/C14H11Cl2F3N2/c1-7-4-10(16)13(6-9(7)15)21-12-3-2-8(5-11(12)20)14(17,18)19/h2-6,21H,20H2,1H3. The maximum Gasteiger partial charge on any atom is 0.416 e. The molecule has 0 fully saturated rings. The van der Waals surface area contributed by atoms with Gasteiger partial charge in [-0.3, -0.25) is 0 Å². The molecule has 0 saturated heterocycles. The van der Waals surface area contributed by atoms with Gasteiger partial charge in [-0.2, -0.15) is 13.2 Å². The van der Waals surface area contributed by atoms with Gasteiger partial charge in [-0.05, 0) is 42.8 Å². The van der Waals surface area contributed by atoms with E-state index in [1.54, 1.807) is 19.1 Å². The predicted molar refractivity (Wildman–Crippen MR) is 80.3 cm³/mol. The average Bonchev–Trinajstić information content (AvgIpc) is 2.36. The minimum atomic E-state index is -4.43. The summed E-state index contributed by atoms with van der Waals surface area (Å²) in [5.41, 5.74) is 6.40. The first-order valence-electron chi connectivity index (χ1n) is 5.88. The SMILES string of the molecule is Cc1cc(Cl)c(Nc2ccc(C(F)(F)F)cc2N)cc1Cl. The van der Waals surface area contributed by atoms with Gasteiger partial charge < -0.3 is 11.1 Å². The van der Waals surface area contributed by atoms with Crippen molar-refractivity contribution in [2.45, 2.75) is 13.1 Å². The lowest BCUT2D eigenvalue weighted by molar-refractivity contribution is -0.137. The van der Waals surface area contributed by atoms with Gasteiger partial charge in [-0.1, -0.05) is 23.2 Å². The predicted octanol–water partition coefficient (Wildman–Crippen LogP) is 5.65. The van der Waals surface area contributed by atoms with E-state index in [9.17, 15) is 13.2 Å². The van der Waals surface area contributed by atoms with Crippen LogP contribution >= 0.6 is 23.2 Å². The third kappa shape index (κ3) is 3.54. The summed E-state index contributed by atoms with van der Waals surface area (Å²) in [4.78, 5) is 0. The van der Waals surface area contributed by atoms with Crippen LogP contribution in [0.15, 0.2) is 30.3 Å². The normalized spacial score (nSPS) is 11.5. The van der Waals surface area contributed by atoms with Crippen molar-refractivity contribution in [1.82, 2.24) is 0 Å². The topological polar surface area (TPSA) is 38.0 Å². The minimum absolute atomic E-state index is 0.0300. The molecule has 112 valence electrons. The van der Waals surface area contributed by atoms with Gasteiger partial charge in [0.1, 0.15) is 0 Å².